The Morgan fingerprint density at radius 1 is 0.878 bits per heavy atom. The van der Waals surface area contributed by atoms with Gasteiger partial charge in [0.1, 0.15) is 11.6 Å². The third-order valence-corrected chi connectivity index (χ3v) is 6.42. The summed E-state index contributed by atoms with van der Waals surface area (Å²) >= 11 is 0. The first kappa shape index (κ1) is 40.9. The third-order valence-electron chi connectivity index (χ3n) is 6.42. The predicted octanol–water partition coefficient (Wildman–Crippen LogP) is -2.21. The van der Waals surface area contributed by atoms with Crippen LogP contribution < -0.4 is 34.9 Å². The number of carbonyl (C=O) groups is 5. The van der Waals surface area contributed by atoms with Crippen LogP contribution in [-0.2, 0) is 28.7 Å². The normalized spacial score (nSPS) is 22.1. The third kappa shape index (κ3) is 15.5. The second-order valence-electron chi connectivity index (χ2n) is 10.8. The molecule has 0 aliphatic carbocycles. The molecule has 0 aromatic rings. The van der Waals surface area contributed by atoms with E-state index in [1.807, 2.05) is 6.29 Å². The fourth-order valence-electron chi connectivity index (χ4n) is 4.24. The van der Waals surface area contributed by atoms with Gasteiger partial charge >= 0.3 is 47.6 Å². The maximum absolute atomic E-state index is 11.9. The van der Waals surface area contributed by atoms with Crippen LogP contribution >= 0.6 is 0 Å². The fraction of sp³-hybridized carbons (Fsp3) is 0.769. The Morgan fingerprint density at radius 2 is 1.46 bits per heavy atom. The summed E-state index contributed by atoms with van der Waals surface area (Å²) in [6, 6.07) is -1.06. The van der Waals surface area contributed by atoms with Crippen molar-refractivity contribution in [2.45, 2.75) is 71.9 Å². The second kappa shape index (κ2) is 19.8. The average molecular weight is 596 g/mol. The molecule has 3 fully saturated rings. The molecule has 0 radical (unpaired) electrons. The number of amides is 3. The van der Waals surface area contributed by atoms with Crippen LogP contribution in [0, 0.1) is 11.8 Å². The topological polar surface area (TPSA) is 204 Å². The Balaban J connectivity index is 0. The number of hydrogen-bond donors (Lipinski definition) is 3. The summed E-state index contributed by atoms with van der Waals surface area (Å²) in [7, 11) is 0. The summed E-state index contributed by atoms with van der Waals surface area (Å²) in [6.07, 6.45) is 4.93. The van der Waals surface area contributed by atoms with Crippen LogP contribution in [0.1, 0.15) is 60.3 Å². The van der Waals surface area contributed by atoms with Crippen LogP contribution in [0.15, 0.2) is 0 Å². The van der Waals surface area contributed by atoms with E-state index in [0.29, 0.717) is 19.6 Å². The summed E-state index contributed by atoms with van der Waals surface area (Å²) in [5, 5.41) is 20.7. The number of aliphatic carboxylic acids is 2. The largest absolute Gasteiger partial charge is 1.00 e. The molecule has 3 aliphatic rings. The monoisotopic (exact) mass is 595 g/mol. The van der Waals surface area contributed by atoms with Crippen LogP contribution in [0.3, 0.4) is 0 Å². The Kier molecular flexibility index (Phi) is 19.7. The van der Waals surface area contributed by atoms with Gasteiger partial charge < -0.3 is 40.3 Å². The van der Waals surface area contributed by atoms with Crippen molar-refractivity contribution >= 4 is 36.1 Å². The summed E-state index contributed by atoms with van der Waals surface area (Å²) < 4.78 is 5.17. The van der Waals surface area contributed by atoms with E-state index in [1.54, 1.807) is 25.7 Å². The number of nitrogens with zero attached hydrogens (tertiary/aromatic N) is 3. The van der Waals surface area contributed by atoms with Crippen LogP contribution in [0.25, 0.3) is 0 Å². The van der Waals surface area contributed by atoms with E-state index >= 15 is 0 Å². The molecule has 3 rings (SSSR count). The Labute approximate surface area is 263 Å². The van der Waals surface area contributed by atoms with Gasteiger partial charge in [0, 0.05) is 40.0 Å². The summed E-state index contributed by atoms with van der Waals surface area (Å²) in [5.41, 5.74) is -0.683. The maximum Gasteiger partial charge on any atom is 1.00 e. The number of nitrogens with one attached hydrogen (secondary N) is 1. The van der Waals surface area contributed by atoms with E-state index in [-0.39, 0.29) is 71.8 Å². The molecule has 3 amide bonds. The van der Waals surface area contributed by atoms with Gasteiger partial charge in [-0.3, -0.25) is 25.6 Å². The fourth-order valence-corrected chi connectivity index (χ4v) is 4.24. The van der Waals surface area contributed by atoms with Gasteiger partial charge in [-0.05, 0) is 53.1 Å². The van der Waals surface area contributed by atoms with Crippen molar-refractivity contribution in [3.63, 3.8) is 0 Å². The zero-order chi connectivity index (χ0) is 29.8. The van der Waals surface area contributed by atoms with Gasteiger partial charge in [0.15, 0.2) is 0 Å². The molecule has 0 aromatic heterocycles. The van der Waals surface area contributed by atoms with E-state index in [9.17, 15) is 28.8 Å². The molecule has 0 aromatic carbocycles. The van der Waals surface area contributed by atoms with Gasteiger partial charge in [0.25, 0.3) is 0 Å². The zero-order valence-electron chi connectivity index (χ0n) is 25.1. The molecular formula is C26H44N4NaO10-. The summed E-state index contributed by atoms with van der Waals surface area (Å²) in [6.45, 7) is 11.5. The van der Waals surface area contributed by atoms with E-state index in [2.05, 4.69) is 5.32 Å². The van der Waals surface area contributed by atoms with Gasteiger partial charge in [-0.2, -0.15) is 0 Å². The molecule has 3 aliphatic heterocycles. The zero-order valence-corrected chi connectivity index (χ0v) is 27.1. The molecule has 0 saturated carbocycles. The van der Waals surface area contributed by atoms with Crippen LogP contribution in [0.2, 0.25) is 0 Å². The van der Waals surface area contributed by atoms with Crippen molar-refractivity contribution in [1.82, 2.24) is 20.0 Å². The number of rotatable bonds is 3. The predicted molar refractivity (Wildman–Crippen MR) is 142 cm³/mol. The first-order valence-electron chi connectivity index (χ1n) is 13.2. The molecule has 15 heteroatoms. The van der Waals surface area contributed by atoms with E-state index in [1.165, 1.54) is 18.7 Å². The van der Waals surface area contributed by atoms with Crippen molar-refractivity contribution in [3.05, 3.63) is 0 Å². The van der Waals surface area contributed by atoms with E-state index in [0.717, 1.165) is 43.7 Å². The average Bonchev–Trinajstić information content (AvgIpc) is 2.88. The van der Waals surface area contributed by atoms with Gasteiger partial charge in [0.05, 0.1) is 12.5 Å². The minimum absolute atomic E-state index is 0. The molecule has 3 saturated heterocycles. The molecule has 0 bridgehead atoms. The van der Waals surface area contributed by atoms with Gasteiger partial charge in [-0.1, -0.05) is 6.42 Å². The molecule has 14 nitrogen and oxygen atoms in total. The summed E-state index contributed by atoms with van der Waals surface area (Å²) in [5.74, 6) is -2.13. The second-order valence-corrected chi connectivity index (χ2v) is 10.8. The number of piperidine rings is 2. The molecule has 230 valence electrons. The SMILES string of the molecule is CC(=O)N1CCC[C@@H]([C-]=O)C1.CC(=O)N1CCN(C(=O)OC(C)(C)C)[C@@H](C(=O)O)C1.O=C(O)[C@@H]1CCCNC1.[Na+].[OH-]. The van der Waals surface area contributed by atoms with Gasteiger partial charge in [-0.25, -0.2) is 9.59 Å². The van der Waals surface area contributed by atoms with Gasteiger partial charge in [0.2, 0.25) is 11.8 Å². The Hall–Kier alpha value is -2.26. The van der Waals surface area contributed by atoms with Crippen LogP contribution in [0.4, 0.5) is 4.79 Å². The van der Waals surface area contributed by atoms with Gasteiger partial charge in [-0.15, -0.1) is 5.92 Å². The van der Waals surface area contributed by atoms with Crippen molar-refractivity contribution in [3.8, 4) is 0 Å². The minimum Gasteiger partial charge on any atom is -0.870 e. The van der Waals surface area contributed by atoms with Crippen LogP contribution in [0.5, 0.6) is 0 Å². The maximum atomic E-state index is 11.9. The summed E-state index contributed by atoms with van der Waals surface area (Å²) in [4.78, 5) is 70.1. The number of hydrogen-bond acceptors (Lipinski definition) is 9. The van der Waals surface area contributed by atoms with Crippen LogP contribution in [-0.4, -0.2) is 124 Å². The quantitative estimate of drug-likeness (QED) is 0.236. The standard InChI is InChI=1S/C12H20N2O5.C8H12NO2.C6H11NO2.Na.H2O/c1-8(15)13-5-6-14(9(7-13)10(16)17)11(18)19-12(2,3)4;1-7(11)9-4-2-3-8(5-9)6-10;8-6(9)5-2-1-3-7-4-5;;/h9H,5-7H2,1-4H3,(H,16,17);8H,2-5H2,1H3;5,7H,1-4H2,(H,8,9);;1H2/q;-1;;+1;/p-1/t9-;8-;5-;;/m111../s1. The number of ether oxygens (including phenoxy) is 1. The molecule has 0 spiro atoms. The Morgan fingerprint density at radius 3 is 1.88 bits per heavy atom. The molecule has 4 N–H and O–H groups in total. The van der Waals surface area contributed by atoms with Crippen molar-refractivity contribution < 1.29 is 78.8 Å². The number of carboxylic acids is 2. The molecule has 3 atom stereocenters. The van der Waals surface area contributed by atoms with Crippen molar-refractivity contribution in [2.75, 3.05) is 45.8 Å². The molecule has 3 heterocycles. The minimum atomic E-state index is -1.14. The molecular weight excluding hydrogens is 551 g/mol. The smallest absolute Gasteiger partial charge is 0.870 e. The molecule has 0 unspecified atom stereocenters. The first-order valence-corrected chi connectivity index (χ1v) is 13.2. The van der Waals surface area contributed by atoms with E-state index in [4.69, 9.17) is 14.9 Å². The van der Waals surface area contributed by atoms with E-state index < -0.39 is 29.7 Å². The number of carboxylic acid groups (broad SMARTS) is 2. The van der Waals surface area contributed by atoms with Crippen molar-refractivity contribution in [1.29, 1.82) is 0 Å². The first-order chi connectivity index (χ1) is 18.2. The Bertz CT molecular complexity index is 877. The number of likely N-dealkylation sites (tertiary alicyclic amines) is 1. The van der Waals surface area contributed by atoms with Crippen molar-refractivity contribution in [2.24, 2.45) is 11.8 Å². The number of carbonyl (C=O) groups excluding carboxylic acids is 4. The number of piperazine rings is 1. The molecule has 41 heavy (non-hydrogen) atoms.